The van der Waals surface area contributed by atoms with Crippen LogP contribution in [-0.2, 0) is 9.53 Å². The van der Waals surface area contributed by atoms with Crippen LogP contribution in [0.15, 0.2) is 0 Å². The fraction of sp³-hybridized carbons (Fsp3) is 0.929. The van der Waals surface area contributed by atoms with E-state index in [0.717, 1.165) is 51.4 Å². The van der Waals surface area contributed by atoms with E-state index in [4.69, 9.17) is 10.5 Å². The smallest absolute Gasteiger partial charge is 0.308 e. The number of carbonyl (C=O) groups is 1. The van der Waals surface area contributed by atoms with Crippen LogP contribution in [0.1, 0.15) is 39.0 Å². The number of hydrogen-bond donors (Lipinski definition) is 1. The van der Waals surface area contributed by atoms with Crippen molar-refractivity contribution in [3.8, 4) is 0 Å². The first-order valence-corrected chi connectivity index (χ1v) is 7.21. The molecule has 1 heterocycles. The highest BCUT2D eigenvalue weighted by atomic mass is 16.5. The lowest BCUT2D eigenvalue weighted by Gasteiger charge is -2.31. The molecule has 0 radical (unpaired) electrons. The molecule has 0 aromatic heterocycles. The number of likely N-dealkylation sites (tertiary alicyclic amines) is 1. The third-order valence-corrected chi connectivity index (χ3v) is 4.09. The van der Waals surface area contributed by atoms with Crippen molar-refractivity contribution in [1.82, 2.24) is 4.90 Å². The van der Waals surface area contributed by atoms with Crippen LogP contribution in [-0.4, -0.2) is 44.2 Å². The molecule has 4 heteroatoms. The summed E-state index contributed by atoms with van der Waals surface area (Å²) in [6.45, 7) is 6.31. The highest BCUT2D eigenvalue weighted by molar-refractivity contribution is 5.72. The maximum absolute atomic E-state index is 11.5. The van der Waals surface area contributed by atoms with Crippen LogP contribution in [0.3, 0.4) is 0 Å². The van der Waals surface area contributed by atoms with Gasteiger partial charge in [0.15, 0.2) is 0 Å². The van der Waals surface area contributed by atoms with Gasteiger partial charge in [0.25, 0.3) is 0 Å². The molecule has 0 aromatic rings. The lowest BCUT2D eigenvalue weighted by molar-refractivity contribution is -0.145. The molecule has 0 spiro atoms. The summed E-state index contributed by atoms with van der Waals surface area (Å²) in [5.41, 5.74) is 5.69. The van der Waals surface area contributed by atoms with Gasteiger partial charge in [-0.05, 0) is 64.2 Å². The molecule has 0 amide bonds. The molecule has 0 saturated carbocycles. The standard InChI is InChI=1S/C14H28N2O2/c1-3-13(14(17)18-2)5-4-8-16-9-6-12(11-15)7-10-16/h12-13H,3-11,15H2,1-2H3. The van der Waals surface area contributed by atoms with Gasteiger partial charge in [-0.3, -0.25) is 4.79 Å². The summed E-state index contributed by atoms with van der Waals surface area (Å²) in [4.78, 5) is 14.0. The maximum Gasteiger partial charge on any atom is 0.308 e. The Morgan fingerprint density at radius 2 is 2.11 bits per heavy atom. The van der Waals surface area contributed by atoms with Crippen molar-refractivity contribution >= 4 is 5.97 Å². The zero-order valence-electron chi connectivity index (χ0n) is 11.9. The molecule has 0 bridgehead atoms. The monoisotopic (exact) mass is 256 g/mol. The average Bonchev–Trinajstić information content (AvgIpc) is 2.43. The van der Waals surface area contributed by atoms with E-state index in [2.05, 4.69) is 4.90 Å². The first-order valence-electron chi connectivity index (χ1n) is 7.21. The predicted octanol–water partition coefficient (Wildman–Crippen LogP) is 1.64. The molecule has 1 aliphatic heterocycles. The van der Waals surface area contributed by atoms with E-state index in [1.54, 1.807) is 0 Å². The van der Waals surface area contributed by atoms with E-state index in [9.17, 15) is 4.79 Å². The molecule has 1 aliphatic rings. The average molecular weight is 256 g/mol. The SMILES string of the molecule is CCC(CCCN1CCC(CN)CC1)C(=O)OC. The lowest BCUT2D eigenvalue weighted by Crippen LogP contribution is -2.36. The molecule has 1 fully saturated rings. The molecule has 1 saturated heterocycles. The van der Waals surface area contributed by atoms with Crippen LogP contribution in [0.4, 0.5) is 0 Å². The van der Waals surface area contributed by atoms with Crippen LogP contribution in [0, 0.1) is 11.8 Å². The Morgan fingerprint density at radius 3 is 2.61 bits per heavy atom. The first-order chi connectivity index (χ1) is 8.71. The molecule has 106 valence electrons. The topological polar surface area (TPSA) is 55.6 Å². The maximum atomic E-state index is 11.5. The van der Waals surface area contributed by atoms with Crippen molar-refractivity contribution in [2.45, 2.75) is 39.0 Å². The van der Waals surface area contributed by atoms with Gasteiger partial charge in [-0.15, -0.1) is 0 Å². The Labute approximate surface area is 111 Å². The van der Waals surface area contributed by atoms with Gasteiger partial charge >= 0.3 is 5.97 Å². The van der Waals surface area contributed by atoms with Crippen LogP contribution < -0.4 is 5.73 Å². The highest BCUT2D eigenvalue weighted by Crippen LogP contribution is 2.18. The predicted molar refractivity (Wildman–Crippen MR) is 73.2 cm³/mol. The molecule has 18 heavy (non-hydrogen) atoms. The summed E-state index contributed by atoms with van der Waals surface area (Å²) in [7, 11) is 1.47. The van der Waals surface area contributed by atoms with Gasteiger partial charge in [0, 0.05) is 0 Å². The number of hydrogen-bond acceptors (Lipinski definition) is 4. The molecule has 0 aliphatic carbocycles. The van der Waals surface area contributed by atoms with E-state index in [-0.39, 0.29) is 11.9 Å². The van der Waals surface area contributed by atoms with Gasteiger partial charge in [0.05, 0.1) is 13.0 Å². The second-order valence-electron chi connectivity index (χ2n) is 5.29. The summed E-state index contributed by atoms with van der Waals surface area (Å²) in [5.74, 6) is 0.746. The molecule has 1 unspecified atom stereocenters. The number of piperidine rings is 1. The number of esters is 1. The molecule has 0 aromatic carbocycles. The Kier molecular flexibility index (Phi) is 7.28. The van der Waals surface area contributed by atoms with Gasteiger partial charge in [-0.2, -0.15) is 0 Å². The molecule has 1 rings (SSSR count). The fourth-order valence-electron chi connectivity index (χ4n) is 2.66. The Morgan fingerprint density at radius 1 is 1.44 bits per heavy atom. The van der Waals surface area contributed by atoms with Crippen molar-refractivity contribution in [3.05, 3.63) is 0 Å². The van der Waals surface area contributed by atoms with Gasteiger partial charge in [-0.25, -0.2) is 0 Å². The number of nitrogens with two attached hydrogens (primary N) is 1. The summed E-state index contributed by atoms with van der Waals surface area (Å²) in [6, 6.07) is 0. The summed E-state index contributed by atoms with van der Waals surface area (Å²) in [5, 5.41) is 0. The van der Waals surface area contributed by atoms with E-state index < -0.39 is 0 Å². The van der Waals surface area contributed by atoms with Crippen molar-refractivity contribution in [2.24, 2.45) is 17.6 Å². The number of carbonyl (C=O) groups excluding carboxylic acids is 1. The highest BCUT2D eigenvalue weighted by Gasteiger charge is 2.19. The number of nitrogens with zero attached hydrogens (tertiary/aromatic N) is 1. The van der Waals surface area contributed by atoms with E-state index in [0.29, 0.717) is 0 Å². The molecular formula is C14H28N2O2. The van der Waals surface area contributed by atoms with E-state index in [1.165, 1.54) is 20.0 Å². The fourth-order valence-corrected chi connectivity index (χ4v) is 2.66. The number of ether oxygens (including phenoxy) is 1. The summed E-state index contributed by atoms with van der Waals surface area (Å²) < 4.78 is 4.81. The van der Waals surface area contributed by atoms with Crippen LogP contribution in [0.25, 0.3) is 0 Å². The third kappa shape index (κ3) is 4.94. The number of methoxy groups -OCH3 is 1. The van der Waals surface area contributed by atoms with E-state index in [1.807, 2.05) is 6.92 Å². The van der Waals surface area contributed by atoms with Crippen LogP contribution in [0.2, 0.25) is 0 Å². The minimum atomic E-state index is -0.0562. The quantitative estimate of drug-likeness (QED) is 0.704. The Bertz CT molecular complexity index is 238. The summed E-state index contributed by atoms with van der Waals surface area (Å²) >= 11 is 0. The second-order valence-corrected chi connectivity index (χ2v) is 5.29. The zero-order valence-corrected chi connectivity index (χ0v) is 11.9. The van der Waals surface area contributed by atoms with Gasteiger partial charge < -0.3 is 15.4 Å². The molecule has 2 N–H and O–H groups in total. The van der Waals surface area contributed by atoms with Crippen molar-refractivity contribution in [1.29, 1.82) is 0 Å². The lowest BCUT2D eigenvalue weighted by atomic mass is 9.96. The van der Waals surface area contributed by atoms with Crippen molar-refractivity contribution < 1.29 is 9.53 Å². The third-order valence-electron chi connectivity index (χ3n) is 4.09. The zero-order chi connectivity index (χ0) is 13.4. The minimum Gasteiger partial charge on any atom is -0.469 e. The minimum absolute atomic E-state index is 0.0562. The largest absolute Gasteiger partial charge is 0.469 e. The van der Waals surface area contributed by atoms with Gasteiger partial charge in [-0.1, -0.05) is 6.92 Å². The molecule has 4 nitrogen and oxygen atoms in total. The summed E-state index contributed by atoms with van der Waals surface area (Å²) in [6.07, 6.45) is 5.36. The second kappa shape index (κ2) is 8.48. The van der Waals surface area contributed by atoms with Crippen LogP contribution >= 0.6 is 0 Å². The number of rotatable bonds is 7. The Balaban J connectivity index is 2.16. The van der Waals surface area contributed by atoms with Crippen molar-refractivity contribution in [2.75, 3.05) is 33.3 Å². The van der Waals surface area contributed by atoms with Gasteiger partial charge in [0.2, 0.25) is 0 Å². The molecular weight excluding hydrogens is 228 g/mol. The molecule has 1 atom stereocenters. The van der Waals surface area contributed by atoms with Gasteiger partial charge in [0.1, 0.15) is 0 Å². The van der Waals surface area contributed by atoms with Crippen molar-refractivity contribution in [3.63, 3.8) is 0 Å². The Hall–Kier alpha value is -0.610. The van der Waals surface area contributed by atoms with E-state index >= 15 is 0 Å². The van der Waals surface area contributed by atoms with Crippen LogP contribution in [0.5, 0.6) is 0 Å². The first kappa shape index (κ1) is 15.4. The normalized spacial score (nSPS) is 19.7.